The third-order valence-corrected chi connectivity index (χ3v) is 9.74. The molecule has 51 heavy (non-hydrogen) atoms. The van der Waals surface area contributed by atoms with Crippen LogP contribution in [0.4, 0.5) is 0 Å². The standard InChI is InChI=1S/C47H29N3O/c1-3-13-30(14-4-1)31-25-27-33(28-26-31)46-48-45(32-15-5-2-6-16-32)49-47(50-46)39-22-12-24-42-44(39)43-38(21-11-23-41(43)51-42)40-29-34-17-7-8-18-35(34)36-19-9-10-20-37(36)40/h1-29H. The van der Waals surface area contributed by atoms with Crippen molar-refractivity contribution in [1.82, 2.24) is 15.0 Å². The second kappa shape index (κ2) is 11.9. The van der Waals surface area contributed by atoms with Crippen molar-refractivity contribution in [3.8, 4) is 56.4 Å². The van der Waals surface area contributed by atoms with E-state index in [0.29, 0.717) is 17.5 Å². The Balaban J connectivity index is 1.22. The van der Waals surface area contributed by atoms with Gasteiger partial charge in [-0.15, -0.1) is 0 Å². The Bertz CT molecular complexity index is 2900. The number of nitrogens with zero attached hydrogens (tertiary/aromatic N) is 3. The van der Waals surface area contributed by atoms with Crippen LogP contribution in [-0.2, 0) is 0 Å². The first kappa shape index (κ1) is 29.0. The molecule has 0 bridgehead atoms. The lowest BCUT2D eigenvalue weighted by Crippen LogP contribution is -2.00. The van der Waals surface area contributed by atoms with Gasteiger partial charge in [-0.25, -0.2) is 15.0 Å². The average molecular weight is 652 g/mol. The van der Waals surface area contributed by atoms with Crippen molar-refractivity contribution >= 4 is 43.5 Å². The minimum absolute atomic E-state index is 0.595. The lowest BCUT2D eigenvalue weighted by atomic mass is 9.90. The first-order valence-electron chi connectivity index (χ1n) is 17.1. The van der Waals surface area contributed by atoms with Crippen molar-refractivity contribution in [3.63, 3.8) is 0 Å². The molecule has 10 aromatic rings. The molecule has 2 aromatic heterocycles. The Morgan fingerprint density at radius 3 is 1.51 bits per heavy atom. The Morgan fingerprint density at radius 1 is 0.314 bits per heavy atom. The molecule has 0 aliphatic heterocycles. The molecular formula is C47H29N3O. The zero-order chi connectivity index (χ0) is 33.7. The largest absolute Gasteiger partial charge is 0.456 e. The summed E-state index contributed by atoms with van der Waals surface area (Å²) < 4.78 is 6.59. The number of hydrogen-bond acceptors (Lipinski definition) is 4. The number of aromatic nitrogens is 3. The maximum Gasteiger partial charge on any atom is 0.164 e. The van der Waals surface area contributed by atoms with Gasteiger partial charge in [0.2, 0.25) is 0 Å². The molecule has 0 atom stereocenters. The summed E-state index contributed by atoms with van der Waals surface area (Å²) in [6, 6.07) is 61.0. The van der Waals surface area contributed by atoms with Crippen molar-refractivity contribution in [2.24, 2.45) is 0 Å². The number of rotatable bonds is 5. The Morgan fingerprint density at radius 2 is 0.804 bits per heavy atom. The summed E-state index contributed by atoms with van der Waals surface area (Å²) in [6.45, 7) is 0. The van der Waals surface area contributed by atoms with Gasteiger partial charge in [0.25, 0.3) is 0 Å². The first-order valence-corrected chi connectivity index (χ1v) is 17.1. The molecule has 8 aromatic carbocycles. The highest BCUT2D eigenvalue weighted by atomic mass is 16.3. The predicted octanol–water partition coefficient (Wildman–Crippen LogP) is 12.4. The highest BCUT2D eigenvalue weighted by molar-refractivity contribution is 6.22. The molecule has 0 unspecified atom stereocenters. The summed E-state index contributed by atoms with van der Waals surface area (Å²) in [5, 5.41) is 6.88. The lowest BCUT2D eigenvalue weighted by Gasteiger charge is -2.13. The smallest absolute Gasteiger partial charge is 0.164 e. The molecule has 238 valence electrons. The summed E-state index contributed by atoms with van der Waals surface area (Å²) in [6.07, 6.45) is 0. The van der Waals surface area contributed by atoms with Gasteiger partial charge in [-0.2, -0.15) is 0 Å². The van der Waals surface area contributed by atoms with Gasteiger partial charge >= 0.3 is 0 Å². The van der Waals surface area contributed by atoms with Gasteiger partial charge in [-0.05, 0) is 62.0 Å². The third-order valence-electron chi connectivity index (χ3n) is 9.74. The van der Waals surface area contributed by atoms with Crippen LogP contribution >= 0.6 is 0 Å². The van der Waals surface area contributed by atoms with Crippen LogP contribution in [0.15, 0.2) is 180 Å². The van der Waals surface area contributed by atoms with Crippen LogP contribution in [0, 0.1) is 0 Å². The zero-order valence-corrected chi connectivity index (χ0v) is 27.5. The highest BCUT2D eigenvalue weighted by Gasteiger charge is 2.21. The Kier molecular flexibility index (Phi) is 6.78. The molecule has 0 N–H and O–H groups in total. The molecule has 0 radical (unpaired) electrons. The molecular weight excluding hydrogens is 623 g/mol. The van der Waals surface area contributed by atoms with E-state index in [0.717, 1.165) is 55.3 Å². The molecule has 4 heteroatoms. The van der Waals surface area contributed by atoms with Gasteiger partial charge in [-0.3, -0.25) is 0 Å². The van der Waals surface area contributed by atoms with Crippen molar-refractivity contribution < 1.29 is 4.42 Å². The van der Waals surface area contributed by atoms with Crippen LogP contribution in [0.5, 0.6) is 0 Å². The van der Waals surface area contributed by atoms with Crippen molar-refractivity contribution in [2.75, 3.05) is 0 Å². The second-order valence-electron chi connectivity index (χ2n) is 12.8. The fraction of sp³-hybridized carbons (Fsp3) is 0. The van der Waals surface area contributed by atoms with E-state index < -0.39 is 0 Å². The third kappa shape index (κ3) is 4.96. The summed E-state index contributed by atoms with van der Waals surface area (Å²) in [5.41, 5.74) is 8.92. The van der Waals surface area contributed by atoms with E-state index in [1.165, 1.54) is 27.1 Å². The number of fused-ring (bicyclic) bond motifs is 6. The quantitative estimate of drug-likeness (QED) is 0.174. The number of furan rings is 1. The fourth-order valence-electron chi connectivity index (χ4n) is 7.34. The number of benzene rings is 8. The Hall–Kier alpha value is -6.91. The van der Waals surface area contributed by atoms with Gasteiger partial charge in [0.1, 0.15) is 11.2 Å². The van der Waals surface area contributed by atoms with Crippen LogP contribution in [-0.4, -0.2) is 15.0 Å². The SMILES string of the molecule is c1ccc(-c2ccc(-c3nc(-c4ccccc4)nc(-c4cccc5oc6cccc(-c7cc8ccccc8c8ccccc78)c6c45)n3)cc2)cc1. The van der Waals surface area contributed by atoms with E-state index in [4.69, 9.17) is 19.4 Å². The van der Waals surface area contributed by atoms with Crippen molar-refractivity contribution in [2.45, 2.75) is 0 Å². The van der Waals surface area contributed by atoms with Gasteiger partial charge in [0.05, 0.1) is 0 Å². The van der Waals surface area contributed by atoms with Crippen LogP contribution in [0.3, 0.4) is 0 Å². The normalized spacial score (nSPS) is 11.5. The fourth-order valence-corrected chi connectivity index (χ4v) is 7.34. The molecule has 0 spiro atoms. The van der Waals surface area contributed by atoms with Crippen molar-refractivity contribution in [1.29, 1.82) is 0 Å². The second-order valence-corrected chi connectivity index (χ2v) is 12.8. The van der Waals surface area contributed by atoms with E-state index in [9.17, 15) is 0 Å². The van der Waals surface area contributed by atoms with E-state index in [1.54, 1.807) is 0 Å². The first-order chi connectivity index (χ1) is 25.3. The van der Waals surface area contributed by atoms with Gasteiger partial charge in [0.15, 0.2) is 17.5 Å². The van der Waals surface area contributed by atoms with E-state index >= 15 is 0 Å². The van der Waals surface area contributed by atoms with Gasteiger partial charge in [0, 0.05) is 27.5 Å². The van der Waals surface area contributed by atoms with Gasteiger partial charge < -0.3 is 4.42 Å². The maximum atomic E-state index is 6.59. The van der Waals surface area contributed by atoms with E-state index in [2.05, 4.69) is 121 Å². The van der Waals surface area contributed by atoms with Crippen LogP contribution in [0.2, 0.25) is 0 Å². The summed E-state index contributed by atoms with van der Waals surface area (Å²) in [5.74, 6) is 1.83. The molecule has 4 nitrogen and oxygen atoms in total. The molecule has 0 aliphatic carbocycles. The molecule has 0 aliphatic rings. The summed E-state index contributed by atoms with van der Waals surface area (Å²) in [7, 11) is 0. The summed E-state index contributed by atoms with van der Waals surface area (Å²) >= 11 is 0. The van der Waals surface area contributed by atoms with Gasteiger partial charge in [-0.1, -0.05) is 158 Å². The predicted molar refractivity (Wildman–Crippen MR) is 209 cm³/mol. The zero-order valence-electron chi connectivity index (χ0n) is 27.5. The monoisotopic (exact) mass is 651 g/mol. The minimum atomic E-state index is 0.595. The molecule has 0 saturated carbocycles. The van der Waals surface area contributed by atoms with E-state index in [1.807, 2.05) is 54.6 Å². The highest BCUT2D eigenvalue weighted by Crippen LogP contribution is 2.44. The molecule has 2 heterocycles. The van der Waals surface area contributed by atoms with E-state index in [-0.39, 0.29) is 0 Å². The lowest BCUT2D eigenvalue weighted by molar-refractivity contribution is 0.669. The number of hydrogen-bond donors (Lipinski definition) is 0. The molecule has 10 rings (SSSR count). The minimum Gasteiger partial charge on any atom is -0.456 e. The van der Waals surface area contributed by atoms with Crippen LogP contribution < -0.4 is 0 Å². The molecule has 0 saturated heterocycles. The topological polar surface area (TPSA) is 51.8 Å². The maximum absolute atomic E-state index is 6.59. The summed E-state index contributed by atoms with van der Waals surface area (Å²) in [4.78, 5) is 15.3. The molecule has 0 fully saturated rings. The van der Waals surface area contributed by atoms with Crippen molar-refractivity contribution in [3.05, 3.63) is 176 Å². The molecule has 0 amide bonds. The Labute approximate surface area is 294 Å². The van der Waals surface area contributed by atoms with Crippen LogP contribution in [0.25, 0.3) is 99.9 Å². The van der Waals surface area contributed by atoms with Crippen LogP contribution in [0.1, 0.15) is 0 Å². The average Bonchev–Trinajstić information content (AvgIpc) is 3.60.